The van der Waals surface area contributed by atoms with Crippen LogP contribution in [0, 0.1) is 0 Å². The van der Waals surface area contributed by atoms with Gasteiger partial charge in [0.15, 0.2) is 16.6 Å². The van der Waals surface area contributed by atoms with E-state index in [1.54, 1.807) is 12.1 Å². The van der Waals surface area contributed by atoms with Gasteiger partial charge in [-0.05, 0) is 54.9 Å². The number of hydrogen-bond donors (Lipinski definition) is 1. The second-order valence-electron chi connectivity index (χ2n) is 7.38. The molecule has 1 saturated heterocycles. The number of rotatable bonds is 5. The van der Waals surface area contributed by atoms with Crippen LogP contribution in [0.15, 0.2) is 42.0 Å². The van der Waals surface area contributed by atoms with Crippen molar-refractivity contribution >= 4 is 40.9 Å². The topological polar surface area (TPSA) is 77.1 Å². The zero-order chi connectivity index (χ0) is 22.1. The van der Waals surface area contributed by atoms with Crippen molar-refractivity contribution in [3.63, 3.8) is 0 Å². The molecule has 2 amide bonds. The number of hydrogen-bond acceptors (Lipinski definition) is 6. The van der Waals surface area contributed by atoms with Gasteiger partial charge < -0.3 is 14.2 Å². The molecule has 7 nitrogen and oxygen atoms in total. The van der Waals surface area contributed by atoms with Gasteiger partial charge in [-0.3, -0.25) is 19.8 Å². The maximum absolute atomic E-state index is 13.3. The lowest BCUT2D eigenvalue weighted by molar-refractivity contribution is -0.122. The summed E-state index contributed by atoms with van der Waals surface area (Å²) in [6.07, 6.45) is 1.49. The Balaban J connectivity index is 1.73. The molecule has 0 unspecified atom stereocenters. The number of nitrogens with zero attached hydrogens (tertiary/aromatic N) is 1. The summed E-state index contributed by atoms with van der Waals surface area (Å²) in [4.78, 5) is 27.2. The first-order valence-corrected chi connectivity index (χ1v) is 10.4. The van der Waals surface area contributed by atoms with Crippen molar-refractivity contribution in [2.75, 3.05) is 18.3 Å². The van der Waals surface area contributed by atoms with Gasteiger partial charge in [0.2, 0.25) is 6.79 Å². The summed E-state index contributed by atoms with van der Waals surface area (Å²) < 4.78 is 16.5. The number of anilines is 1. The highest BCUT2D eigenvalue weighted by Crippen LogP contribution is 2.39. The van der Waals surface area contributed by atoms with Crippen molar-refractivity contribution in [2.45, 2.75) is 26.7 Å². The number of fused-ring (bicyclic) bond motifs is 1. The average Bonchev–Trinajstić information content (AvgIpc) is 3.18. The Bertz CT molecular complexity index is 1090. The first kappa shape index (κ1) is 20.9. The molecule has 31 heavy (non-hydrogen) atoms. The monoisotopic (exact) mass is 438 g/mol. The number of amides is 2. The highest BCUT2D eigenvalue weighted by atomic mass is 32.1. The molecule has 0 saturated carbocycles. The van der Waals surface area contributed by atoms with Crippen molar-refractivity contribution in [3.05, 3.63) is 53.1 Å². The van der Waals surface area contributed by atoms with Gasteiger partial charge in [-0.25, -0.2) is 0 Å². The molecular formula is C23H22N2O5S. The van der Waals surface area contributed by atoms with Crippen LogP contribution in [-0.4, -0.2) is 30.3 Å². The van der Waals surface area contributed by atoms with Crippen LogP contribution in [0.4, 0.5) is 5.69 Å². The fraction of sp³-hybridized carbons (Fsp3) is 0.261. The van der Waals surface area contributed by atoms with Gasteiger partial charge >= 0.3 is 0 Å². The molecule has 1 N–H and O–H groups in total. The molecule has 2 aliphatic heterocycles. The van der Waals surface area contributed by atoms with E-state index in [-0.39, 0.29) is 17.5 Å². The third-order valence-corrected chi connectivity index (χ3v) is 5.31. The standard InChI is InChI=1S/C23H22N2O5S/c1-4-28-18-11-20-19(29-12-30-20)10-15(18)9-17-21(26)24-23(31)25(22(17)27)16-7-5-14(6-8-16)13(2)3/h5-11,13H,4,12H2,1-3H3,(H,24,26,31)/b17-9+. The molecule has 0 aliphatic carbocycles. The van der Waals surface area contributed by atoms with Gasteiger partial charge in [0.1, 0.15) is 11.3 Å². The fourth-order valence-electron chi connectivity index (χ4n) is 3.39. The number of benzene rings is 2. The summed E-state index contributed by atoms with van der Waals surface area (Å²) in [5.41, 5.74) is 2.20. The molecule has 4 rings (SSSR count). The second kappa shape index (κ2) is 8.39. The lowest BCUT2D eigenvalue weighted by Crippen LogP contribution is -2.54. The first-order valence-electron chi connectivity index (χ1n) is 9.97. The van der Waals surface area contributed by atoms with E-state index >= 15 is 0 Å². The van der Waals surface area contributed by atoms with Crippen LogP contribution in [0.25, 0.3) is 6.08 Å². The molecule has 0 atom stereocenters. The van der Waals surface area contributed by atoms with Crippen LogP contribution < -0.4 is 24.4 Å². The number of ether oxygens (including phenoxy) is 3. The zero-order valence-electron chi connectivity index (χ0n) is 17.4. The molecular weight excluding hydrogens is 416 g/mol. The molecule has 0 radical (unpaired) electrons. The quantitative estimate of drug-likeness (QED) is 0.435. The van der Waals surface area contributed by atoms with Crippen LogP contribution in [0.5, 0.6) is 17.2 Å². The summed E-state index contributed by atoms with van der Waals surface area (Å²) in [5, 5.41) is 2.64. The second-order valence-corrected chi connectivity index (χ2v) is 7.77. The SMILES string of the molecule is CCOc1cc2c(cc1/C=C1\C(=O)NC(=S)N(c3ccc(C(C)C)cc3)C1=O)OCO2. The van der Waals surface area contributed by atoms with E-state index in [1.807, 2.05) is 31.2 Å². The van der Waals surface area contributed by atoms with E-state index in [9.17, 15) is 9.59 Å². The molecule has 0 aromatic heterocycles. The predicted molar refractivity (Wildman–Crippen MR) is 120 cm³/mol. The number of carbonyl (C=O) groups excluding carboxylic acids is 2. The van der Waals surface area contributed by atoms with E-state index in [0.29, 0.717) is 41.0 Å². The normalized spacial score (nSPS) is 16.8. The highest BCUT2D eigenvalue weighted by molar-refractivity contribution is 7.80. The molecule has 2 aromatic rings. The van der Waals surface area contributed by atoms with Gasteiger partial charge in [0.05, 0.1) is 12.3 Å². The third kappa shape index (κ3) is 3.98. The Morgan fingerprint density at radius 1 is 1.16 bits per heavy atom. The lowest BCUT2D eigenvalue weighted by Gasteiger charge is -2.29. The van der Waals surface area contributed by atoms with Crippen LogP contribution in [0.1, 0.15) is 37.8 Å². The maximum Gasteiger partial charge on any atom is 0.270 e. The third-order valence-electron chi connectivity index (χ3n) is 5.02. The van der Waals surface area contributed by atoms with E-state index < -0.39 is 11.8 Å². The van der Waals surface area contributed by atoms with Crippen LogP contribution in [0.2, 0.25) is 0 Å². The maximum atomic E-state index is 13.3. The molecule has 160 valence electrons. The van der Waals surface area contributed by atoms with Gasteiger partial charge in [0.25, 0.3) is 11.8 Å². The van der Waals surface area contributed by atoms with Crippen molar-refractivity contribution < 1.29 is 23.8 Å². The predicted octanol–water partition coefficient (Wildman–Crippen LogP) is 3.77. The number of thiocarbonyl (C=S) groups is 1. The van der Waals surface area contributed by atoms with E-state index in [2.05, 4.69) is 19.2 Å². The van der Waals surface area contributed by atoms with Gasteiger partial charge in [0, 0.05) is 11.6 Å². The van der Waals surface area contributed by atoms with Crippen LogP contribution >= 0.6 is 12.2 Å². The van der Waals surface area contributed by atoms with E-state index in [4.69, 9.17) is 26.4 Å². The summed E-state index contributed by atoms with van der Waals surface area (Å²) in [6, 6.07) is 10.9. The van der Waals surface area contributed by atoms with Crippen LogP contribution in [0.3, 0.4) is 0 Å². The Morgan fingerprint density at radius 2 is 1.84 bits per heavy atom. The van der Waals surface area contributed by atoms with Crippen molar-refractivity contribution in [3.8, 4) is 17.2 Å². The Kier molecular flexibility index (Phi) is 5.65. The molecule has 1 fully saturated rings. The minimum Gasteiger partial charge on any atom is -0.493 e. The molecule has 8 heteroatoms. The number of carbonyl (C=O) groups is 2. The Hall–Kier alpha value is -3.39. The lowest BCUT2D eigenvalue weighted by atomic mass is 10.0. The Morgan fingerprint density at radius 3 is 2.48 bits per heavy atom. The summed E-state index contributed by atoms with van der Waals surface area (Å²) >= 11 is 5.28. The summed E-state index contributed by atoms with van der Waals surface area (Å²) in [5.74, 6) is 0.849. The first-order chi connectivity index (χ1) is 14.9. The molecule has 2 aliphatic rings. The number of nitrogens with one attached hydrogen (secondary N) is 1. The smallest absolute Gasteiger partial charge is 0.270 e. The van der Waals surface area contributed by atoms with E-state index in [0.717, 1.165) is 5.56 Å². The Labute approximate surface area is 185 Å². The molecule has 0 spiro atoms. The summed E-state index contributed by atoms with van der Waals surface area (Å²) in [6.45, 7) is 6.55. The molecule has 0 bridgehead atoms. The molecule has 2 heterocycles. The zero-order valence-corrected chi connectivity index (χ0v) is 18.2. The minimum absolute atomic E-state index is 0.0418. The van der Waals surface area contributed by atoms with Crippen molar-refractivity contribution in [1.29, 1.82) is 0 Å². The van der Waals surface area contributed by atoms with Crippen LogP contribution in [-0.2, 0) is 9.59 Å². The van der Waals surface area contributed by atoms with Gasteiger partial charge in [-0.2, -0.15) is 0 Å². The molecule has 2 aromatic carbocycles. The average molecular weight is 439 g/mol. The highest BCUT2D eigenvalue weighted by Gasteiger charge is 2.35. The minimum atomic E-state index is -0.565. The van der Waals surface area contributed by atoms with Gasteiger partial charge in [-0.15, -0.1) is 0 Å². The van der Waals surface area contributed by atoms with Crippen molar-refractivity contribution in [2.24, 2.45) is 0 Å². The summed E-state index contributed by atoms with van der Waals surface area (Å²) in [7, 11) is 0. The largest absolute Gasteiger partial charge is 0.493 e. The van der Waals surface area contributed by atoms with E-state index in [1.165, 1.54) is 11.0 Å². The fourth-order valence-corrected chi connectivity index (χ4v) is 3.67. The van der Waals surface area contributed by atoms with Gasteiger partial charge in [-0.1, -0.05) is 26.0 Å². The van der Waals surface area contributed by atoms with Crippen molar-refractivity contribution in [1.82, 2.24) is 5.32 Å².